The molecule has 0 spiro atoms. The van der Waals surface area contributed by atoms with E-state index in [1.165, 1.54) is 23.0 Å². The first-order valence-corrected chi connectivity index (χ1v) is 7.66. The average Bonchev–Trinajstić information content (AvgIpc) is 3.03. The molecule has 3 aromatic rings. The molecule has 3 rings (SSSR count). The van der Waals surface area contributed by atoms with Gasteiger partial charge in [0, 0.05) is 31.9 Å². The van der Waals surface area contributed by atoms with Gasteiger partial charge < -0.3 is 5.32 Å². The van der Waals surface area contributed by atoms with E-state index in [1.54, 1.807) is 19.4 Å². The van der Waals surface area contributed by atoms with Crippen LogP contribution in [0.25, 0.3) is 11.0 Å². The lowest BCUT2D eigenvalue weighted by Crippen LogP contribution is -2.37. The predicted octanol–water partition coefficient (Wildman–Crippen LogP) is 1.39. The van der Waals surface area contributed by atoms with E-state index in [4.69, 9.17) is 0 Å². The van der Waals surface area contributed by atoms with Gasteiger partial charge in [-0.05, 0) is 12.0 Å². The molecule has 0 aliphatic carbocycles. The maximum atomic E-state index is 12.6. The van der Waals surface area contributed by atoms with E-state index in [1.807, 2.05) is 12.3 Å². The van der Waals surface area contributed by atoms with Gasteiger partial charge in [-0.2, -0.15) is 0 Å². The number of aromatic nitrogens is 4. The quantitative estimate of drug-likeness (QED) is 0.789. The van der Waals surface area contributed by atoms with Gasteiger partial charge in [-0.3, -0.25) is 13.9 Å². The number of pyridine rings is 1. The summed E-state index contributed by atoms with van der Waals surface area (Å²) in [5, 5.41) is 6.15. The average molecular weight is 317 g/mol. The van der Waals surface area contributed by atoms with E-state index < -0.39 is 5.69 Å². The lowest BCUT2D eigenvalue weighted by atomic mass is 10.1. The molecule has 0 amide bonds. The second-order valence-corrected chi connectivity index (χ2v) is 5.77. The molecule has 0 aliphatic heterocycles. The Labute approximate surface area is 129 Å². The molecule has 0 saturated heterocycles. The Hall–Kier alpha value is -2.48. The lowest BCUT2D eigenvalue weighted by Gasteiger charge is -2.14. The minimum atomic E-state index is -0.394. The van der Waals surface area contributed by atoms with Crippen molar-refractivity contribution >= 4 is 33.2 Å². The van der Waals surface area contributed by atoms with Crippen molar-refractivity contribution in [2.24, 2.45) is 14.1 Å². The number of aryl methyl sites for hydroxylation is 2. The van der Waals surface area contributed by atoms with Crippen LogP contribution in [0.2, 0.25) is 0 Å². The minimum absolute atomic E-state index is 0.361. The largest absolute Gasteiger partial charge is 0.332 e. The maximum Gasteiger partial charge on any atom is 0.332 e. The second kappa shape index (κ2) is 5.38. The van der Waals surface area contributed by atoms with E-state index in [2.05, 4.69) is 15.3 Å². The normalized spacial score (nSPS) is 11.0. The standard InChI is InChI=1S/C14H15N5O2S/c1-4-8-7-16-11-9(10(8)17-13-15-5-6-22-13)12(20)19(3)14(21)18(11)2/h5-7H,4H2,1-3H3,(H,15,16,17). The lowest BCUT2D eigenvalue weighted by molar-refractivity contribution is 0.707. The Morgan fingerprint density at radius 2 is 2.00 bits per heavy atom. The third-order valence-electron chi connectivity index (χ3n) is 3.59. The van der Waals surface area contributed by atoms with Crippen LogP contribution in [-0.2, 0) is 20.5 Å². The van der Waals surface area contributed by atoms with Gasteiger partial charge in [-0.15, -0.1) is 11.3 Å². The van der Waals surface area contributed by atoms with Crippen LogP contribution in [0.1, 0.15) is 12.5 Å². The first kappa shape index (κ1) is 14.5. The molecule has 3 heterocycles. The zero-order valence-corrected chi connectivity index (χ0v) is 13.3. The molecular formula is C14H15N5O2S. The van der Waals surface area contributed by atoms with Crippen molar-refractivity contribution in [3.63, 3.8) is 0 Å². The Bertz CT molecular complexity index is 956. The highest BCUT2D eigenvalue weighted by molar-refractivity contribution is 7.13. The zero-order valence-electron chi connectivity index (χ0n) is 12.5. The molecule has 1 N–H and O–H groups in total. The van der Waals surface area contributed by atoms with Crippen LogP contribution in [0, 0.1) is 0 Å². The summed E-state index contributed by atoms with van der Waals surface area (Å²) in [6, 6.07) is 0. The molecule has 8 heteroatoms. The zero-order chi connectivity index (χ0) is 15.9. The Kier molecular flexibility index (Phi) is 3.53. The highest BCUT2D eigenvalue weighted by Gasteiger charge is 2.17. The molecule has 0 bridgehead atoms. The van der Waals surface area contributed by atoms with Crippen LogP contribution < -0.4 is 16.6 Å². The molecule has 22 heavy (non-hydrogen) atoms. The molecule has 0 unspecified atom stereocenters. The van der Waals surface area contributed by atoms with Gasteiger partial charge in [-0.1, -0.05) is 6.92 Å². The number of thiazole rings is 1. The number of hydrogen-bond donors (Lipinski definition) is 1. The third kappa shape index (κ3) is 2.12. The molecule has 0 aromatic carbocycles. The van der Waals surface area contributed by atoms with Crippen molar-refractivity contribution in [3.05, 3.63) is 44.2 Å². The molecule has 7 nitrogen and oxygen atoms in total. The first-order valence-electron chi connectivity index (χ1n) is 6.78. The number of nitrogens with zero attached hydrogens (tertiary/aromatic N) is 4. The van der Waals surface area contributed by atoms with Crippen molar-refractivity contribution in [2.45, 2.75) is 13.3 Å². The van der Waals surface area contributed by atoms with E-state index >= 15 is 0 Å². The number of hydrogen-bond acceptors (Lipinski definition) is 6. The number of anilines is 2. The predicted molar refractivity (Wildman–Crippen MR) is 87.0 cm³/mol. The summed E-state index contributed by atoms with van der Waals surface area (Å²) < 4.78 is 2.47. The van der Waals surface area contributed by atoms with Crippen LogP contribution in [0.15, 0.2) is 27.4 Å². The third-order valence-corrected chi connectivity index (χ3v) is 4.28. The van der Waals surface area contributed by atoms with Gasteiger partial charge in [0.05, 0.1) is 5.69 Å². The van der Waals surface area contributed by atoms with Gasteiger partial charge in [0.15, 0.2) is 10.8 Å². The maximum absolute atomic E-state index is 12.6. The van der Waals surface area contributed by atoms with Gasteiger partial charge in [0.2, 0.25) is 0 Å². The van der Waals surface area contributed by atoms with E-state index in [9.17, 15) is 9.59 Å². The summed E-state index contributed by atoms with van der Waals surface area (Å²) in [7, 11) is 3.08. The fourth-order valence-electron chi connectivity index (χ4n) is 2.37. The number of fused-ring (bicyclic) bond motifs is 1. The van der Waals surface area contributed by atoms with Crippen LogP contribution >= 0.6 is 11.3 Å². The van der Waals surface area contributed by atoms with Crippen LogP contribution in [0.4, 0.5) is 10.8 Å². The van der Waals surface area contributed by atoms with Crippen molar-refractivity contribution in [3.8, 4) is 0 Å². The Morgan fingerprint density at radius 3 is 2.64 bits per heavy atom. The van der Waals surface area contributed by atoms with Gasteiger partial charge in [-0.25, -0.2) is 14.8 Å². The number of nitrogens with one attached hydrogen (secondary N) is 1. The van der Waals surface area contributed by atoms with Gasteiger partial charge >= 0.3 is 5.69 Å². The summed E-state index contributed by atoms with van der Waals surface area (Å²) in [5.74, 6) is 0. The Balaban J connectivity index is 2.42. The summed E-state index contributed by atoms with van der Waals surface area (Å²) in [6.07, 6.45) is 4.09. The van der Waals surface area contributed by atoms with Gasteiger partial charge in [0.25, 0.3) is 5.56 Å². The molecule has 0 saturated carbocycles. The molecular weight excluding hydrogens is 302 g/mol. The fourth-order valence-corrected chi connectivity index (χ4v) is 2.90. The first-order chi connectivity index (χ1) is 10.5. The highest BCUT2D eigenvalue weighted by Crippen LogP contribution is 2.27. The van der Waals surface area contributed by atoms with E-state index in [0.717, 1.165) is 10.1 Å². The molecule has 3 aromatic heterocycles. The molecule has 114 valence electrons. The van der Waals surface area contributed by atoms with Crippen molar-refractivity contribution in [1.82, 2.24) is 19.1 Å². The molecule has 0 atom stereocenters. The second-order valence-electron chi connectivity index (χ2n) is 4.88. The highest BCUT2D eigenvalue weighted by atomic mass is 32.1. The van der Waals surface area contributed by atoms with E-state index in [0.29, 0.717) is 28.3 Å². The summed E-state index contributed by atoms with van der Waals surface area (Å²) in [4.78, 5) is 33.1. The summed E-state index contributed by atoms with van der Waals surface area (Å²) >= 11 is 1.44. The smallest absolute Gasteiger partial charge is 0.330 e. The van der Waals surface area contributed by atoms with Gasteiger partial charge in [0.1, 0.15) is 5.39 Å². The molecule has 0 aliphatic rings. The van der Waals surface area contributed by atoms with Crippen molar-refractivity contribution in [1.29, 1.82) is 0 Å². The van der Waals surface area contributed by atoms with Crippen molar-refractivity contribution < 1.29 is 0 Å². The van der Waals surface area contributed by atoms with Crippen LogP contribution in [0.5, 0.6) is 0 Å². The van der Waals surface area contributed by atoms with Crippen molar-refractivity contribution in [2.75, 3.05) is 5.32 Å². The van der Waals surface area contributed by atoms with Crippen LogP contribution in [-0.4, -0.2) is 19.1 Å². The van der Waals surface area contributed by atoms with Crippen LogP contribution in [0.3, 0.4) is 0 Å². The topological polar surface area (TPSA) is 81.8 Å². The summed E-state index contributed by atoms with van der Waals surface area (Å²) in [5.41, 5.74) is 1.18. The minimum Gasteiger partial charge on any atom is -0.330 e. The SMILES string of the molecule is CCc1cnc2c(c1Nc1nccs1)c(=O)n(C)c(=O)n2C. The number of rotatable bonds is 3. The molecule has 0 fully saturated rings. The monoisotopic (exact) mass is 317 g/mol. The fraction of sp³-hybridized carbons (Fsp3) is 0.286. The summed E-state index contributed by atoms with van der Waals surface area (Å²) in [6.45, 7) is 1.99. The molecule has 0 radical (unpaired) electrons. The van der Waals surface area contributed by atoms with E-state index in [-0.39, 0.29) is 5.56 Å². The Morgan fingerprint density at radius 1 is 1.23 bits per heavy atom.